The van der Waals surface area contributed by atoms with Gasteiger partial charge in [-0.15, -0.1) is 0 Å². The van der Waals surface area contributed by atoms with Gasteiger partial charge in [0.1, 0.15) is 5.75 Å². The van der Waals surface area contributed by atoms with Gasteiger partial charge >= 0.3 is 6.03 Å². The number of para-hydroxylation sites is 2. The Morgan fingerprint density at radius 1 is 1.37 bits per heavy atom. The molecule has 2 rings (SSSR count). The van der Waals surface area contributed by atoms with Gasteiger partial charge in [0, 0.05) is 13.1 Å². The van der Waals surface area contributed by atoms with E-state index in [0.717, 1.165) is 25.9 Å². The van der Waals surface area contributed by atoms with Gasteiger partial charge in [0.2, 0.25) is 0 Å². The van der Waals surface area contributed by atoms with Crippen molar-refractivity contribution in [3.05, 3.63) is 24.3 Å². The molecule has 19 heavy (non-hydrogen) atoms. The second-order valence-electron chi connectivity index (χ2n) is 4.72. The smallest absolute Gasteiger partial charge is 0.321 e. The summed E-state index contributed by atoms with van der Waals surface area (Å²) in [4.78, 5) is 14.0. The molecule has 1 fully saturated rings. The molecule has 2 amide bonds. The largest absolute Gasteiger partial charge is 0.495 e. The van der Waals surface area contributed by atoms with E-state index in [0.29, 0.717) is 17.5 Å². The van der Waals surface area contributed by atoms with Crippen LogP contribution in [0.4, 0.5) is 10.5 Å². The van der Waals surface area contributed by atoms with Crippen LogP contribution in [0.15, 0.2) is 24.3 Å². The van der Waals surface area contributed by atoms with Crippen molar-refractivity contribution in [1.82, 2.24) is 10.2 Å². The number of ether oxygens (including phenoxy) is 1. The number of rotatable bonds is 3. The minimum atomic E-state index is -0.0867. The maximum Gasteiger partial charge on any atom is 0.321 e. The van der Waals surface area contributed by atoms with Gasteiger partial charge in [-0.05, 0) is 38.1 Å². The van der Waals surface area contributed by atoms with Crippen LogP contribution in [0.3, 0.4) is 0 Å². The summed E-state index contributed by atoms with van der Waals surface area (Å²) in [5.74, 6) is 0.676. The molecular formula is C14H21N3O2. The molecule has 1 saturated heterocycles. The lowest BCUT2D eigenvalue weighted by Gasteiger charge is -2.31. The number of amides is 2. The van der Waals surface area contributed by atoms with Gasteiger partial charge in [-0.2, -0.15) is 0 Å². The normalized spacial score (nSPS) is 15.9. The molecule has 0 unspecified atom stereocenters. The van der Waals surface area contributed by atoms with E-state index < -0.39 is 0 Å². The third-order valence-corrected chi connectivity index (χ3v) is 3.53. The molecule has 1 heterocycles. The van der Waals surface area contributed by atoms with Crippen LogP contribution in [0.1, 0.15) is 12.8 Å². The maximum absolute atomic E-state index is 12.2. The van der Waals surface area contributed by atoms with Crippen molar-refractivity contribution in [2.75, 3.05) is 32.6 Å². The zero-order chi connectivity index (χ0) is 13.7. The predicted molar refractivity (Wildman–Crippen MR) is 75.7 cm³/mol. The van der Waals surface area contributed by atoms with Gasteiger partial charge < -0.3 is 20.3 Å². The summed E-state index contributed by atoms with van der Waals surface area (Å²) >= 11 is 0. The van der Waals surface area contributed by atoms with E-state index in [4.69, 9.17) is 4.74 Å². The van der Waals surface area contributed by atoms with E-state index in [-0.39, 0.29) is 6.03 Å². The molecule has 5 nitrogen and oxygen atoms in total. The van der Waals surface area contributed by atoms with Gasteiger partial charge in [0.05, 0.1) is 12.8 Å². The Morgan fingerprint density at radius 3 is 2.74 bits per heavy atom. The van der Waals surface area contributed by atoms with Gasteiger partial charge in [-0.3, -0.25) is 0 Å². The Labute approximate surface area is 113 Å². The van der Waals surface area contributed by atoms with Crippen LogP contribution in [0, 0.1) is 0 Å². The Kier molecular flexibility index (Phi) is 4.63. The number of hydrogen-bond acceptors (Lipinski definition) is 3. The van der Waals surface area contributed by atoms with Crippen molar-refractivity contribution in [1.29, 1.82) is 0 Å². The molecule has 0 spiro atoms. The standard InChI is InChI=1S/C14H21N3O2/c1-17(11-7-9-15-10-8-11)14(18)16-12-5-3-4-6-13(12)19-2/h3-6,11,15H,7-10H2,1-2H3,(H,16,18). The number of urea groups is 1. The fourth-order valence-electron chi connectivity index (χ4n) is 2.31. The Morgan fingerprint density at radius 2 is 2.05 bits per heavy atom. The van der Waals surface area contributed by atoms with Crippen molar-refractivity contribution >= 4 is 11.7 Å². The van der Waals surface area contributed by atoms with Gasteiger partial charge in [0.25, 0.3) is 0 Å². The van der Waals surface area contributed by atoms with Crippen molar-refractivity contribution in [3.8, 4) is 5.75 Å². The molecule has 0 atom stereocenters. The summed E-state index contributed by atoms with van der Waals surface area (Å²) < 4.78 is 5.23. The van der Waals surface area contributed by atoms with E-state index in [1.54, 1.807) is 12.0 Å². The first-order valence-corrected chi connectivity index (χ1v) is 6.60. The van der Waals surface area contributed by atoms with E-state index in [1.807, 2.05) is 31.3 Å². The molecule has 0 bridgehead atoms. The number of nitrogens with zero attached hydrogens (tertiary/aromatic N) is 1. The van der Waals surface area contributed by atoms with Gasteiger partial charge in [0.15, 0.2) is 0 Å². The molecule has 1 aliphatic heterocycles. The number of nitrogens with one attached hydrogen (secondary N) is 2. The lowest BCUT2D eigenvalue weighted by atomic mass is 10.1. The zero-order valence-corrected chi connectivity index (χ0v) is 11.5. The summed E-state index contributed by atoms with van der Waals surface area (Å²) in [5, 5.41) is 6.20. The molecule has 0 aromatic heterocycles. The quantitative estimate of drug-likeness (QED) is 0.876. The van der Waals surface area contributed by atoms with E-state index in [2.05, 4.69) is 10.6 Å². The highest BCUT2D eigenvalue weighted by atomic mass is 16.5. The van der Waals surface area contributed by atoms with Crippen LogP contribution < -0.4 is 15.4 Å². The highest BCUT2D eigenvalue weighted by Crippen LogP contribution is 2.23. The lowest BCUT2D eigenvalue weighted by Crippen LogP contribution is -2.45. The molecule has 1 aromatic carbocycles. The average Bonchev–Trinajstić information content (AvgIpc) is 2.48. The molecule has 0 radical (unpaired) electrons. The summed E-state index contributed by atoms with van der Waals surface area (Å²) in [6.45, 7) is 1.94. The van der Waals surface area contributed by atoms with Crippen molar-refractivity contribution < 1.29 is 9.53 Å². The molecule has 104 valence electrons. The monoisotopic (exact) mass is 263 g/mol. The number of anilines is 1. The Bertz CT molecular complexity index is 430. The van der Waals surface area contributed by atoms with Gasteiger partial charge in [-0.25, -0.2) is 4.79 Å². The average molecular weight is 263 g/mol. The number of methoxy groups -OCH3 is 1. The highest BCUT2D eigenvalue weighted by molar-refractivity contribution is 5.91. The van der Waals surface area contributed by atoms with Crippen molar-refractivity contribution in [2.45, 2.75) is 18.9 Å². The van der Waals surface area contributed by atoms with Crippen LogP contribution in [-0.4, -0.2) is 44.2 Å². The first kappa shape index (κ1) is 13.7. The van der Waals surface area contributed by atoms with Crippen molar-refractivity contribution in [3.63, 3.8) is 0 Å². The third-order valence-electron chi connectivity index (χ3n) is 3.53. The minimum absolute atomic E-state index is 0.0867. The molecular weight excluding hydrogens is 242 g/mol. The summed E-state index contributed by atoms with van der Waals surface area (Å²) in [6, 6.07) is 7.65. The molecule has 5 heteroatoms. The highest BCUT2D eigenvalue weighted by Gasteiger charge is 2.22. The van der Waals surface area contributed by atoms with Gasteiger partial charge in [-0.1, -0.05) is 12.1 Å². The zero-order valence-electron chi connectivity index (χ0n) is 11.5. The first-order chi connectivity index (χ1) is 9.22. The van der Waals surface area contributed by atoms with Crippen LogP contribution >= 0.6 is 0 Å². The molecule has 2 N–H and O–H groups in total. The molecule has 1 aliphatic rings. The third kappa shape index (κ3) is 3.38. The van der Waals surface area contributed by atoms with E-state index in [9.17, 15) is 4.79 Å². The maximum atomic E-state index is 12.2. The Hall–Kier alpha value is -1.75. The second kappa shape index (κ2) is 6.43. The number of piperidine rings is 1. The van der Waals surface area contributed by atoms with Crippen LogP contribution in [0.2, 0.25) is 0 Å². The number of hydrogen-bond donors (Lipinski definition) is 2. The first-order valence-electron chi connectivity index (χ1n) is 6.60. The summed E-state index contributed by atoms with van der Waals surface area (Å²) in [5.41, 5.74) is 0.704. The number of carbonyl (C=O) groups is 1. The second-order valence-corrected chi connectivity index (χ2v) is 4.72. The van der Waals surface area contributed by atoms with Crippen LogP contribution in [0.25, 0.3) is 0 Å². The molecule has 0 aliphatic carbocycles. The SMILES string of the molecule is COc1ccccc1NC(=O)N(C)C1CCNCC1. The minimum Gasteiger partial charge on any atom is -0.495 e. The summed E-state index contributed by atoms with van der Waals surface area (Å²) in [7, 11) is 3.45. The molecule has 1 aromatic rings. The number of benzene rings is 1. The Balaban J connectivity index is 1.99. The molecule has 0 saturated carbocycles. The summed E-state index contributed by atoms with van der Waals surface area (Å²) in [6.07, 6.45) is 1.99. The van der Waals surface area contributed by atoms with Crippen molar-refractivity contribution in [2.24, 2.45) is 0 Å². The van der Waals surface area contributed by atoms with E-state index >= 15 is 0 Å². The van der Waals surface area contributed by atoms with Crippen LogP contribution in [-0.2, 0) is 0 Å². The number of carbonyl (C=O) groups excluding carboxylic acids is 1. The topological polar surface area (TPSA) is 53.6 Å². The predicted octanol–water partition coefficient (Wildman–Crippen LogP) is 1.91. The lowest BCUT2D eigenvalue weighted by molar-refractivity contribution is 0.189. The van der Waals surface area contributed by atoms with E-state index in [1.165, 1.54) is 0 Å². The van der Waals surface area contributed by atoms with Crippen LogP contribution in [0.5, 0.6) is 5.75 Å². The fourth-order valence-corrected chi connectivity index (χ4v) is 2.31. The fraction of sp³-hybridized carbons (Fsp3) is 0.500.